The molecule has 2 heteroatoms. The highest BCUT2D eigenvalue weighted by Crippen LogP contribution is 2.70. The van der Waals surface area contributed by atoms with Crippen molar-refractivity contribution in [1.82, 2.24) is 9.97 Å². The predicted octanol–water partition coefficient (Wildman–Crippen LogP) is 12.0. The summed E-state index contributed by atoms with van der Waals surface area (Å²) in [6.07, 6.45) is 6.95. The van der Waals surface area contributed by atoms with E-state index >= 15 is 0 Å². The van der Waals surface area contributed by atoms with Gasteiger partial charge < -0.3 is 0 Å². The maximum atomic E-state index is 5.39. The summed E-state index contributed by atoms with van der Waals surface area (Å²) in [7, 11) is 0. The molecule has 0 unspecified atom stereocenters. The van der Waals surface area contributed by atoms with Gasteiger partial charge >= 0.3 is 0 Å². The molecular formula is C48H38N2. The number of benzene rings is 6. The Bertz CT molecular complexity index is 2400. The molecule has 0 atom stereocenters. The topological polar surface area (TPSA) is 25.8 Å². The average Bonchev–Trinajstić information content (AvgIpc) is 3.46. The van der Waals surface area contributed by atoms with Gasteiger partial charge in [0.2, 0.25) is 0 Å². The van der Waals surface area contributed by atoms with Gasteiger partial charge in [-0.2, -0.15) is 0 Å². The summed E-state index contributed by atoms with van der Waals surface area (Å²) in [5.41, 5.74) is 13.8. The molecule has 0 N–H and O–H groups in total. The number of hydrogen-bond acceptors (Lipinski definition) is 2. The number of nitrogens with zero attached hydrogens (tertiary/aromatic N) is 2. The fourth-order valence-electron chi connectivity index (χ4n) is 11.1. The largest absolute Gasteiger partial charge is 0.228 e. The SMILES string of the molecule is c1ccc(-c2ccc(-c3cc(-c4cccc5c4-c4cc6ccccc6cc4C54C5CC6CC(C5)CC4C6)nc(-c4ccccc4)n3)cc2)cc1. The smallest absolute Gasteiger partial charge is 0.160 e. The fraction of sp³-hybridized carbons (Fsp3) is 0.208. The van der Waals surface area contributed by atoms with Crippen LogP contribution < -0.4 is 0 Å². The molecule has 0 radical (unpaired) electrons. The molecule has 1 heterocycles. The van der Waals surface area contributed by atoms with Crippen LogP contribution in [0.5, 0.6) is 0 Å². The lowest BCUT2D eigenvalue weighted by atomic mass is 9.43. The van der Waals surface area contributed by atoms with Crippen molar-refractivity contribution in [3.8, 4) is 56.2 Å². The molecule has 4 bridgehead atoms. The van der Waals surface area contributed by atoms with E-state index in [1.165, 1.54) is 70.7 Å². The van der Waals surface area contributed by atoms with Crippen LogP contribution in [0.4, 0.5) is 0 Å². The molecule has 0 amide bonds. The monoisotopic (exact) mass is 642 g/mol. The van der Waals surface area contributed by atoms with Gasteiger partial charge in [0, 0.05) is 22.1 Å². The first kappa shape index (κ1) is 28.5. The number of fused-ring (bicyclic) bond motifs is 4. The highest BCUT2D eigenvalue weighted by Gasteiger charge is 2.61. The summed E-state index contributed by atoms with van der Waals surface area (Å²) < 4.78 is 0. The molecule has 5 aliphatic rings. The minimum atomic E-state index is 0.0868. The van der Waals surface area contributed by atoms with E-state index in [1.54, 1.807) is 11.1 Å². The van der Waals surface area contributed by atoms with Crippen LogP contribution in [-0.4, -0.2) is 9.97 Å². The molecule has 0 saturated heterocycles. The zero-order valence-electron chi connectivity index (χ0n) is 28.1. The van der Waals surface area contributed by atoms with Gasteiger partial charge in [-0.1, -0.05) is 127 Å². The minimum absolute atomic E-state index is 0.0868. The average molecular weight is 643 g/mol. The van der Waals surface area contributed by atoms with Crippen LogP contribution >= 0.6 is 0 Å². The van der Waals surface area contributed by atoms with Crippen LogP contribution in [0, 0.1) is 23.7 Å². The van der Waals surface area contributed by atoms with Crippen molar-refractivity contribution in [2.75, 3.05) is 0 Å². The third-order valence-corrected chi connectivity index (χ3v) is 12.9. The summed E-state index contributed by atoms with van der Waals surface area (Å²) in [6, 6.07) is 53.4. The maximum absolute atomic E-state index is 5.39. The molecule has 6 aromatic carbocycles. The predicted molar refractivity (Wildman–Crippen MR) is 205 cm³/mol. The highest BCUT2D eigenvalue weighted by atomic mass is 14.9. The van der Waals surface area contributed by atoms with Gasteiger partial charge in [-0.15, -0.1) is 0 Å². The van der Waals surface area contributed by atoms with E-state index in [-0.39, 0.29) is 5.41 Å². The second-order valence-electron chi connectivity index (χ2n) is 15.4. The summed E-state index contributed by atoms with van der Waals surface area (Å²) in [5.74, 6) is 4.00. The first-order valence-electron chi connectivity index (χ1n) is 18.5. The van der Waals surface area contributed by atoms with Crippen LogP contribution in [0.3, 0.4) is 0 Å². The van der Waals surface area contributed by atoms with Crippen LogP contribution in [0.15, 0.2) is 146 Å². The Labute approximate surface area is 293 Å². The van der Waals surface area contributed by atoms with Gasteiger partial charge in [0.25, 0.3) is 0 Å². The maximum Gasteiger partial charge on any atom is 0.160 e. The van der Waals surface area contributed by atoms with Gasteiger partial charge in [-0.3, -0.25) is 0 Å². The molecule has 12 rings (SSSR count). The summed E-state index contributed by atoms with van der Waals surface area (Å²) in [4.78, 5) is 10.6. The molecule has 2 nitrogen and oxygen atoms in total. The quantitative estimate of drug-likeness (QED) is 0.191. The standard InChI is InChI=1S/C48H38N2/c1-3-10-32(11-4-1)33-18-20-34(21-19-33)44-29-45(50-47(49-44)35-12-5-2-6-13-35)40-16-9-17-42-46(40)41-27-36-14-7-8-15-37(36)28-43(41)48(42)38-23-30-22-31(25-38)26-39(48)24-30/h1-21,27-31,38-39H,22-26H2. The Morgan fingerprint density at radius 2 is 1.00 bits per heavy atom. The molecule has 50 heavy (non-hydrogen) atoms. The van der Waals surface area contributed by atoms with E-state index in [2.05, 4.69) is 146 Å². The third kappa shape index (κ3) is 4.14. The van der Waals surface area contributed by atoms with Crippen molar-refractivity contribution >= 4 is 10.8 Å². The van der Waals surface area contributed by atoms with Crippen molar-refractivity contribution in [1.29, 1.82) is 0 Å². The second kappa shape index (κ2) is 10.8. The van der Waals surface area contributed by atoms with E-state index in [0.29, 0.717) is 11.8 Å². The van der Waals surface area contributed by atoms with Crippen molar-refractivity contribution < 1.29 is 0 Å². The molecular weight excluding hydrogens is 605 g/mol. The van der Waals surface area contributed by atoms with E-state index < -0.39 is 0 Å². The highest BCUT2D eigenvalue weighted by molar-refractivity contribution is 5.99. The van der Waals surface area contributed by atoms with Crippen molar-refractivity contribution in [3.63, 3.8) is 0 Å². The molecule has 5 aliphatic carbocycles. The summed E-state index contributed by atoms with van der Waals surface area (Å²) in [5, 5.41) is 2.68. The number of aromatic nitrogens is 2. The summed E-state index contributed by atoms with van der Waals surface area (Å²) >= 11 is 0. The van der Waals surface area contributed by atoms with Gasteiger partial charge in [-0.05, 0) is 118 Å². The lowest BCUT2D eigenvalue weighted by Crippen LogP contribution is -2.55. The minimum Gasteiger partial charge on any atom is -0.228 e. The molecule has 7 aromatic rings. The van der Waals surface area contributed by atoms with Crippen molar-refractivity contribution in [3.05, 3.63) is 157 Å². The van der Waals surface area contributed by atoms with Gasteiger partial charge in [-0.25, -0.2) is 9.97 Å². The van der Waals surface area contributed by atoms with Gasteiger partial charge in [0.15, 0.2) is 5.82 Å². The lowest BCUT2D eigenvalue weighted by Gasteiger charge is -2.61. The van der Waals surface area contributed by atoms with Crippen LogP contribution in [-0.2, 0) is 5.41 Å². The zero-order valence-corrected chi connectivity index (χ0v) is 28.1. The van der Waals surface area contributed by atoms with Crippen molar-refractivity contribution in [2.24, 2.45) is 23.7 Å². The van der Waals surface area contributed by atoms with E-state index in [4.69, 9.17) is 9.97 Å². The molecule has 1 aromatic heterocycles. The Morgan fingerprint density at radius 1 is 0.420 bits per heavy atom. The molecule has 0 aliphatic heterocycles. The first-order valence-corrected chi connectivity index (χ1v) is 18.5. The number of rotatable bonds is 4. The zero-order chi connectivity index (χ0) is 32.8. The Balaban J connectivity index is 1.14. The Morgan fingerprint density at radius 3 is 1.70 bits per heavy atom. The Hall–Kier alpha value is -5.34. The van der Waals surface area contributed by atoms with E-state index in [0.717, 1.165) is 40.2 Å². The number of hydrogen-bond donors (Lipinski definition) is 0. The first-order chi connectivity index (χ1) is 24.7. The summed E-state index contributed by atoms with van der Waals surface area (Å²) in [6.45, 7) is 0. The third-order valence-electron chi connectivity index (χ3n) is 12.9. The fourth-order valence-corrected chi connectivity index (χ4v) is 11.1. The van der Waals surface area contributed by atoms with E-state index in [1.807, 2.05) is 0 Å². The molecule has 1 spiro atoms. The van der Waals surface area contributed by atoms with Gasteiger partial charge in [0.1, 0.15) is 0 Å². The molecule has 4 fully saturated rings. The molecule has 4 saturated carbocycles. The van der Waals surface area contributed by atoms with Crippen LogP contribution in [0.1, 0.15) is 43.2 Å². The second-order valence-corrected chi connectivity index (χ2v) is 15.4. The van der Waals surface area contributed by atoms with Crippen LogP contribution in [0.2, 0.25) is 0 Å². The molecule has 240 valence electrons. The van der Waals surface area contributed by atoms with Crippen molar-refractivity contribution in [2.45, 2.75) is 37.5 Å². The lowest BCUT2D eigenvalue weighted by molar-refractivity contribution is -0.0398. The Kier molecular flexibility index (Phi) is 6.17. The normalized spacial score (nSPS) is 24.1. The van der Waals surface area contributed by atoms with E-state index in [9.17, 15) is 0 Å². The van der Waals surface area contributed by atoms with Crippen LogP contribution in [0.25, 0.3) is 66.9 Å². The van der Waals surface area contributed by atoms with Gasteiger partial charge in [0.05, 0.1) is 11.4 Å².